The lowest BCUT2D eigenvalue weighted by Gasteiger charge is -2.36. The molecule has 0 aromatic rings. The van der Waals surface area contributed by atoms with E-state index < -0.39 is 6.23 Å². The van der Waals surface area contributed by atoms with Crippen LogP contribution in [0.15, 0.2) is 113 Å². The number of allylic oxidation sites excluding steroid dienone is 16. The molecule has 0 aliphatic heterocycles. The largest absolute Gasteiger partial charge is 0.494 e. The van der Waals surface area contributed by atoms with E-state index in [1.54, 1.807) is 0 Å². The van der Waals surface area contributed by atoms with E-state index in [9.17, 15) is 5.11 Å². The van der Waals surface area contributed by atoms with Gasteiger partial charge < -0.3 is 9.84 Å². The second-order valence-electron chi connectivity index (χ2n) is 14.8. The van der Waals surface area contributed by atoms with Gasteiger partial charge in [0, 0.05) is 18.0 Å². The van der Waals surface area contributed by atoms with Gasteiger partial charge in [-0.2, -0.15) is 0 Å². The lowest BCUT2D eigenvalue weighted by molar-refractivity contribution is 0.0909. The summed E-state index contributed by atoms with van der Waals surface area (Å²) in [4.78, 5) is 4.30. The first-order chi connectivity index (χ1) is 24.0. The van der Waals surface area contributed by atoms with Crippen LogP contribution < -0.4 is 5.32 Å². The van der Waals surface area contributed by atoms with Crippen molar-refractivity contribution >= 4 is 6.21 Å². The van der Waals surface area contributed by atoms with Crippen LogP contribution in [0.2, 0.25) is 0 Å². The van der Waals surface area contributed by atoms with E-state index in [-0.39, 0.29) is 16.9 Å². The summed E-state index contributed by atoms with van der Waals surface area (Å²) in [5.41, 5.74) is 4.14. The fourth-order valence-electron chi connectivity index (χ4n) is 6.44. The van der Waals surface area contributed by atoms with Gasteiger partial charge in [0.25, 0.3) is 0 Å². The number of nitrogens with zero attached hydrogens (tertiary/aromatic N) is 1. The van der Waals surface area contributed by atoms with Gasteiger partial charge in [0.05, 0.1) is 6.61 Å². The molecule has 0 fully saturated rings. The Morgan fingerprint density at radius 3 is 2.50 bits per heavy atom. The van der Waals surface area contributed by atoms with Crippen LogP contribution in [0.25, 0.3) is 0 Å². The maximum Gasteiger partial charge on any atom is 0.114 e. The number of hydrogen-bond acceptors (Lipinski definition) is 4. The Balaban J connectivity index is 0.00000613. The van der Waals surface area contributed by atoms with Gasteiger partial charge in [0.1, 0.15) is 12.0 Å². The SMILES string of the molecule is CC.CC=N/C(C)=C\C/C=C(\C)CCCOC1=C/CC[C@](C)(CCC(O)N[C@@H](/C=C/C=C\C=C/C)C[C@H]2/C=C\C(C)=CCCC2(C)C)C/C=C\1. The maximum absolute atomic E-state index is 11.3. The lowest BCUT2D eigenvalue weighted by atomic mass is 9.71. The second-order valence-corrected chi connectivity index (χ2v) is 14.8. The van der Waals surface area contributed by atoms with E-state index in [2.05, 4.69) is 118 Å². The minimum Gasteiger partial charge on any atom is -0.494 e. The van der Waals surface area contributed by atoms with Crippen molar-refractivity contribution in [3.63, 3.8) is 0 Å². The summed E-state index contributed by atoms with van der Waals surface area (Å²) < 4.78 is 6.15. The zero-order chi connectivity index (χ0) is 37.3. The molecular formula is C46H74N2O2. The number of hydrogen-bond donors (Lipinski definition) is 2. The predicted octanol–water partition coefficient (Wildman–Crippen LogP) is 12.8. The zero-order valence-electron chi connectivity index (χ0n) is 33.7. The van der Waals surface area contributed by atoms with Gasteiger partial charge in [-0.15, -0.1) is 0 Å². The van der Waals surface area contributed by atoms with E-state index in [0.29, 0.717) is 5.92 Å². The molecule has 0 heterocycles. The highest BCUT2D eigenvalue weighted by Crippen LogP contribution is 2.39. The number of nitrogens with one attached hydrogen (secondary N) is 1. The minimum atomic E-state index is -0.551. The lowest BCUT2D eigenvalue weighted by Crippen LogP contribution is -2.40. The molecule has 50 heavy (non-hydrogen) atoms. The van der Waals surface area contributed by atoms with Crippen molar-refractivity contribution in [1.29, 1.82) is 0 Å². The Morgan fingerprint density at radius 1 is 1.02 bits per heavy atom. The molecule has 2 rings (SSSR count). The van der Waals surface area contributed by atoms with Crippen LogP contribution in [-0.2, 0) is 4.74 Å². The molecule has 4 nitrogen and oxygen atoms in total. The molecule has 0 aromatic carbocycles. The summed E-state index contributed by atoms with van der Waals surface area (Å²) in [7, 11) is 0. The first kappa shape index (κ1) is 45.1. The number of rotatable bonds is 18. The fourth-order valence-corrected chi connectivity index (χ4v) is 6.44. The number of aliphatic hydroxyl groups is 1. The van der Waals surface area contributed by atoms with Gasteiger partial charge in [-0.3, -0.25) is 10.3 Å². The Kier molecular flexibility index (Phi) is 23.4. The number of aliphatic hydroxyl groups excluding tert-OH is 1. The van der Waals surface area contributed by atoms with Crippen LogP contribution in [0.5, 0.6) is 0 Å². The molecule has 280 valence electrons. The predicted molar refractivity (Wildman–Crippen MR) is 221 cm³/mol. The Labute approximate surface area is 308 Å². The molecule has 0 amide bonds. The third kappa shape index (κ3) is 20.0. The highest BCUT2D eigenvalue weighted by molar-refractivity contribution is 5.55. The first-order valence-corrected chi connectivity index (χ1v) is 19.5. The molecule has 0 saturated carbocycles. The molecule has 2 N–H and O–H groups in total. The van der Waals surface area contributed by atoms with Gasteiger partial charge in [-0.05, 0) is 134 Å². The van der Waals surface area contributed by atoms with Crippen LogP contribution in [0.4, 0.5) is 0 Å². The number of aliphatic imine (C=N–C) groups is 1. The quantitative estimate of drug-likeness (QED) is 0.0496. The molecular weight excluding hydrogens is 613 g/mol. The van der Waals surface area contributed by atoms with Gasteiger partial charge in [-0.25, -0.2) is 0 Å². The monoisotopic (exact) mass is 687 g/mol. The van der Waals surface area contributed by atoms with Gasteiger partial charge in [0.15, 0.2) is 0 Å². The van der Waals surface area contributed by atoms with Crippen LogP contribution in [-0.4, -0.2) is 30.2 Å². The molecule has 4 atom stereocenters. The van der Waals surface area contributed by atoms with Crippen LogP contribution in [0.1, 0.15) is 140 Å². The van der Waals surface area contributed by atoms with Crippen molar-refractivity contribution in [2.24, 2.45) is 21.7 Å². The fraction of sp³-hybridized carbons (Fsp3) is 0.587. The molecule has 0 bridgehead atoms. The van der Waals surface area contributed by atoms with E-state index >= 15 is 0 Å². The van der Waals surface area contributed by atoms with Gasteiger partial charge in [-0.1, -0.05) is 119 Å². The van der Waals surface area contributed by atoms with Crippen LogP contribution >= 0.6 is 0 Å². The minimum absolute atomic E-state index is 0.0846. The van der Waals surface area contributed by atoms with Gasteiger partial charge in [0.2, 0.25) is 0 Å². The molecule has 0 saturated heterocycles. The first-order valence-electron chi connectivity index (χ1n) is 19.5. The summed E-state index contributed by atoms with van der Waals surface area (Å²) in [6, 6.07) is 0.0846. The summed E-state index contributed by atoms with van der Waals surface area (Å²) in [5, 5.41) is 14.9. The normalized spacial score (nSPS) is 25.5. The van der Waals surface area contributed by atoms with E-state index in [4.69, 9.17) is 4.74 Å². The van der Waals surface area contributed by atoms with Crippen molar-refractivity contribution < 1.29 is 9.84 Å². The molecule has 0 aromatic heterocycles. The maximum atomic E-state index is 11.3. The van der Waals surface area contributed by atoms with Crippen molar-refractivity contribution in [3.8, 4) is 0 Å². The average Bonchev–Trinajstić information content (AvgIpc) is 3.06. The molecule has 1 unspecified atom stereocenters. The third-order valence-corrected chi connectivity index (χ3v) is 9.84. The average molecular weight is 687 g/mol. The summed E-state index contributed by atoms with van der Waals surface area (Å²) in [5.74, 6) is 1.41. The van der Waals surface area contributed by atoms with Gasteiger partial charge >= 0.3 is 0 Å². The highest BCUT2D eigenvalue weighted by atomic mass is 16.5. The zero-order valence-corrected chi connectivity index (χ0v) is 33.7. The molecule has 0 spiro atoms. The number of ether oxygens (including phenoxy) is 1. The standard InChI is InChI=1S/C44H68N2O2.C2H6/c1-9-11-12-13-14-24-40(35-39-28-27-37(4)21-16-30-43(39,6)7)46-42(47)29-33-44(8)31-17-25-41(26-18-32-44)48-34-19-22-36(3)20-15-23-38(5)45-10-2;1-2/h9-14,17,20-21,23-28,39-40,42,46-47H,15-16,18-19,22,29-35H2,1-8H3;1-2H3/b11-9-,13-12-,24-14+,25-17-,28-27-,36-20+,37-21?,38-23-,41-26+,45-10?;/t39-,40+,42?,44-;/m1./s1. The van der Waals surface area contributed by atoms with Crippen LogP contribution in [0, 0.1) is 16.7 Å². The van der Waals surface area contributed by atoms with E-state index in [1.165, 1.54) is 11.1 Å². The van der Waals surface area contributed by atoms with Crippen molar-refractivity contribution in [3.05, 3.63) is 108 Å². The van der Waals surface area contributed by atoms with Crippen molar-refractivity contribution in [2.45, 2.75) is 152 Å². The Hall–Kier alpha value is -2.95. The highest BCUT2D eigenvalue weighted by Gasteiger charge is 2.30. The molecule has 4 heteroatoms. The second kappa shape index (κ2) is 25.9. The molecule has 2 aliphatic rings. The van der Waals surface area contributed by atoms with Crippen molar-refractivity contribution in [2.75, 3.05) is 6.61 Å². The summed E-state index contributed by atoms with van der Waals surface area (Å²) in [6.45, 7) is 22.3. The third-order valence-electron chi connectivity index (χ3n) is 9.84. The van der Waals surface area contributed by atoms with E-state index in [1.807, 2.05) is 53.0 Å². The van der Waals surface area contributed by atoms with E-state index in [0.717, 1.165) is 88.7 Å². The molecule has 2 aliphatic carbocycles. The molecule has 0 radical (unpaired) electrons. The van der Waals surface area contributed by atoms with Crippen molar-refractivity contribution in [1.82, 2.24) is 5.32 Å². The smallest absolute Gasteiger partial charge is 0.114 e. The Bertz CT molecular complexity index is 1250. The summed E-state index contributed by atoms with van der Waals surface area (Å²) in [6.07, 6.45) is 42.9. The van der Waals surface area contributed by atoms with Crippen LogP contribution in [0.3, 0.4) is 0 Å². The topological polar surface area (TPSA) is 53.9 Å². The summed E-state index contributed by atoms with van der Waals surface area (Å²) >= 11 is 0. The Morgan fingerprint density at radius 2 is 1.76 bits per heavy atom.